The van der Waals surface area contributed by atoms with E-state index >= 15 is 0 Å². The number of likely N-dealkylation sites (tertiary alicyclic amines) is 1. The first-order valence-corrected chi connectivity index (χ1v) is 14.9. The molecule has 3 aliphatic rings. The van der Waals surface area contributed by atoms with E-state index in [1.165, 1.54) is 4.90 Å². The molecule has 0 spiro atoms. The summed E-state index contributed by atoms with van der Waals surface area (Å²) in [5.74, 6) is -0.865. The standard InChI is InChI=1S/C33H35N5O5/c39-29-11-10-28(32(42)36-29)38-19-24-17-25(8-9-27(24)33(38)43)35-30(40)16-21-12-14-37(15-13-21)20-31(41)34-18-23-6-3-5-22-4-1-2-7-26(22)23/h1-9,17,21,28H,10-16,18-20H2,(H,34,41)(H,35,40)(H,36,39,42). The Morgan fingerprint density at radius 2 is 1.70 bits per heavy atom. The first-order chi connectivity index (χ1) is 20.8. The van der Waals surface area contributed by atoms with Crippen molar-refractivity contribution in [2.75, 3.05) is 25.0 Å². The van der Waals surface area contributed by atoms with Gasteiger partial charge in [-0.05, 0) is 78.4 Å². The molecule has 3 aromatic carbocycles. The third-order valence-electron chi connectivity index (χ3n) is 8.71. The lowest BCUT2D eigenvalue weighted by molar-refractivity contribution is -0.137. The average molecular weight is 582 g/mol. The van der Waals surface area contributed by atoms with E-state index in [1.54, 1.807) is 18.2 Å². The van der Waals surface area contributed by atoms with Crippen molar-refractivity contribution in [3.05, 3.63) is 77.4 Å². The fraction of sp³-hybridized carbons (Fsp3) is 0.364. The summed E-state index contributed by atoms with van der Waals surface area (Å²) in [6.07, 6.45) is 2.57. The number of hydrogen-bond acceptors (Lipinski definition) is 6. The number of hydrogen-bond donors (Lipinski definition) is 3. The fourth-order valence-corrected chi connectivity index (χ4v) is 6.37. The largest absolute Gasteiger partial charge is 0.351 e. The molecule has 0 radical (unpaired) electrons. The number of nitrogens with one attached hydrogen (secondary N) is 3. The molecule has 0 aromatic heterocycles. The second kappa shape index (κ2) is 12.3. The summed E-state index contributed by atoms with van der Waals surface area (Å²) >= 11 is 0. The maximum atomic E-state index is 12.9. The minimum Gasteiger partial charge on any atom is -0.351 e. The first-order valence-electron chi connectivity index (χ1n) is 14.9. The van der Waals surface area contributed by atoms with Gasteiger partial charge in [0.2, 0.25) is 23.6 Å². The van der Waals surface area contributed by atoms with Crippen LogP contribution in [0.15, 0.2) is 60.7 Å². The maximum Gasteiger partial charge on any atom is 0.255 e. The van der Waals surface area contributed by atoms with Crippen LogP contribution in [-0.2, 0) is 32.3 Å². The highest BCUT2D eigenvalue weighted by molar-refractivity contribution is 6.05. The van der Waals surface area contributed by atoms with Gasteiger partial charge in [0.25, 0.3) is 5.91 Å². The normalized spacial score (nSPS) is 19.3. The smallest absolute Gasteiger partial charge is 0.255 e. The number of fused-ring (bicyclic) bond motifs is 2. The number of imide groups is 1. The Balaban J connectivity index is 0.943. The van der Waals surface area contributed by atoms with Gasteiger partial charge in [0, 0.05) is 37.2 Å². The zero-order chi connectivity index (χ0) is 29.9. The van der Waals surface area contributed by atoms with Crippen molar-refractivity contribution in [3.8, 4) is 0 Å². The predicted molar refractivity (Wildman–Crippen MR) is 161 cm³/mol. The molecule has 0 bridgehead atoms. The van der Waals surface area contributed by atoms with Gasteiger partial charge in [-0.3, -0.25) is 34.2 Å². The fourth-order valence-electron chi connectivity index (χ4n) is 6.37. The molecule has 3 heterocycles. The van der Waals surface area contributed by atoms with Gasteiger partial charge in [0.15, 0.2) is 0 Å². The zero-order valence-electron chi connectivity index (χ0n) is 23.9. The van der Waals surface area contributed by atoms with Gasteiger partial charge in [-0.25, -0.2) is 0 Å². The Hall–Kier alpha value is -4.57. The van der Waals surface area contributed by atoms with Crippen LogP contribution in [0.4, 0.5) is 5.69 Å². The molecule has 3 N–H and O–H groups in total. The lowest BCUT2D eigenvalue weighted by Gasteiger charge is -2.31. The molecule has 5 amide bonds. The Labute approximate surface area is 249 Å². The molecule has 10 nitrogen and oxygen atoms in total. The van der Waals surface area contributed by atoms with Crippen molar-refractivity contribution in [2.24, 2.45) is 5.92 Å². The molecule has 2 fully saturated rings. The van der Waals surface area contributed by atoms with Crippen LogP contribution < -0.4 is 16.0 Å². The molecule has 1 atom stereocenters. The van der Waals surface area contributed by atoms with Crippen molar-refractivity contribution in [2.45, 2.75) is 51.2 Å². The molecule has 10 heteroatoms. The van der Waals surface area contributed by atoms with E-state index in [4.69, 9.17) is 0 Å². The Morgan fingerprint density at radius 1 is 0.907 bits per heavy atom. The van der Waals surface area contributed by atoms with Crippen LogP contribution in [0.3, 0.4) is 0 Å². The topological polar surface area (TPSA) is 128 Å². The number of rotatable bonds is 8. The van der Waals surface area contributed by atoms with Crippen LogP contribution in [-0.4, -0.2) is 65.0 Å². The van der Waals surface area contributed by atoms with Crippen LogP contribution in [0.2, 0.25) is 0 Å². The average Bonchev–Trinajstić information content (AvgIpc) is 3.32. The molecular weight excluding hydrogens is 546 g/mol. The van der Waals surface area contributed by atoms with Crippen LogP contribution in [0.5, 0.6) is 0 Å². The number of carbonyl (C=O) groups excluding carboxylic acids is 5. The number of benzene rings is 3. The minimum atomic E-state index is -0.670. The summed E-state index contributed by atoms with van der Waals surface area (Å²) in [7, 11) is 0. The lowest BCUT2D eigenvalue weighted by Crippen LogP contribution is -2.52. The minimum absolute atomic E-state index is 0.00427. The van der Waals surface area contributed by atoms with E-state index in [2.05, 4.69) is 39.0 Å². The predicted octanol–water partition coefficient (Wildman–Crippen LogP) is 2.96. The summed E-state index contributed by atoms with van der Waals surface area (Å²) in [6, 6.07) is 18.8. The Kier molecular flexibility index (Phi) is 8.20. The Bertz CT molecular complexity index is 1590. The molecule has 3 aromatic rings. The summed E-state index contributed by atoms with van der Waals surface area (Å²) in [6.45, 7) is 2.61. The van der Waals surface area contributed by atoms with E-state index in [1.807, 2.05) is 24.3 Å². The van der Waals surface area contributed by atoms with Gasteiger partial charge in [-0.1, -0.05) is 42.5 Å². The summed E-state index contributed by atoms with van der Waals surface area (Å²) in [4.78, 5) is 65.8. The van der Waals surface area contributed by atoms with Crippen LogP contribution in [0, 0.1) is 5.92 Å². The van der Waals surface area contributed by atoms with E-state index < -0.39 is 11.9 Å². The molecule has 0 saturated carbocycles. The molecule has 6 rings (SSSR count). The van der Waals surface area contributed by atoms with Crippen LogP contribution in [0.1, 0.15) is 53.6 Å². The maximum absolute atomic E-state index is 12.9. The third kappa shape index (κ3) is 6.44. The van der Waals surface area contributed by atoms with Gasteiger partial charge < -0.3 is 15.5 Å². The van der Waals surface area contributed by atoms with Crippen molar-refractivity contribution < 1.29 is 24.0 Å². The van der Waals surface area contributed by atoms with Crippen LogP contribution in [0.25, 0.3) is 10.8 Å². The zero-order valence-corrected chi connectivity index (χ0v) is 23.9. The van der Waals surface area contributed by atoms with E-state index in [0.29, 0.717) is 37.2 Å². The molecule has 222 valence electrons. The number of amides is 5. The number of anilines is 1. The van der Waals surface area contributed by atoms with Crippen molar-refractivity contribution in [1.82, 2.24) is 20.4 Å². The molecule has 0 aliphatic carbocycles. The highest BCUT2D eigenvalue weighted by atomic mass is 16.2. The second-order valence-corrected chi connectivity index (χ2v) is 11.7. The van der Waals surface area contributed by atoms with E-state index in [9.17, 15) is 24.0 Å². The van der Waals surface area contributed by atoms with Gasteiger partial charge in [0.05, 0.1) is 6.54 Å². The van der Waals surface area contributed by atoms with Gasteiger partial charge in [-0.2, -0.15) is 0 Å². The Morgan fingerprint density at radius 3 is 2.51 bits per heavy atom. The summed E-state index contributed by atoms with van der Waals surface area (Å²) in [5.41, 5.74) is 2.97. The molecular formula is C33H35N5O5. The van der Waals surface area contributed by atoms with Crippen molar-refractivity contribution >= 4 is 46.0 Å². The van der Waals surface area contributed by atoms with Gasteiger partial charge >= 0.3 is 0 Å². The monoisotopic (exact) mass is 581 g/mol. The van der Waals surface area contributed by atoms with E-state index in [-0.39, 0.29) is 42.5 Å². The highest BCUT2D eigenvalue weighted by Gasteiger charge is 2.39. The van der Waals surface area contributed by atoms with Gasteiger partial charge in [0.1, 0.15) is 6.04 Å². The number of piperidine rings is 2. The molecule has 1 unspecified atom stereocenters. The highest BCUT2D eigenvalue weighted by Crippen LogP contribution is 2.30. The second-order valence-electron chi connectivity index (χ2n) is 11.7. The SMILES string of the molecule is O=C(CN1CCC(CC(=O)Nc2ccc3c(c2)CN(C2CCC(=O)NC2=O)C3=O)CC1)NCc1cccc2ccccc12. The first kappa shape index (κ1) is 28.5. The summed E-state index contributed by atoms with van der Waals surface area (Å²) < 4.78 is 0. The third-order valence-corrected chi connectivity index (χ3v) is 8.71. The van der Waals surface area contributed by atoms with Crippen molar-refractivity contribution in [1.29, 1.82) is 0 Å². The number of carbonyl (C=O) groups is 5. The summed E-state index contributed by atoms with van der Waals surface area (Å²) in [5, 5.41) is 10.6. The van der Waals surface area contributed by atoms with Gasteiger partial charge in [-0.15, -0.1) is 0 Å². The molecule has 43 heavy (non-hydrogen) atoms. The van der Waals surface area contributed by atoms with Crippen LogP contribution >= 0.6 is 0 Å². The quantitative estimate of drug-likeness (QED) is 0.351. The number of nitrogens with zero attached hydrogens (tertiary/aromatic N) is 2. The van der Waals surface area contributed by atoms with Crippen molar-refractivity contribution in [3.63, 3.8) is 0 Å². The molecule has 2 saturated heterocycles. The van der Waals surface area contributed by atoms with E-state index in [0.717, 1.165) is 47.8 Å². The lowest BCUT2D eigenvalue weighted by atomic mass is 9.93. The molecule has 3 aliphatic heterocycles.